The van der Waals surface area contributed by atoms with Crippen LogP contribution >= 0.6 is 0 Å². The van der Waals surface area contributed by atoms with Crippen molar-refractivity contribution in [3.8, 4) is 0 Å². The van der Waals surface area contributed by atoms with Crippen LogP contribution in [0.15, 0.2) is 54.6 Å². The number of likely N-dealkylation sites (tertiary alicyclic amines) is 1. The second kappa shape index (κ2) is 8.76. The first-order valence-corrected chi connectivity index (χ1v) is 9.29. The third kappa shape index (κ3) is 5.71. The van der Waals surface area contributed by atoms with Crippen LogP contribution in [0.4, 0.5) is 18.9 Å². The molecule has 1 aliphatic rings. The summed E-state index contributed by atoms with van der Waals surface area (Å²) in [5.74, 6) is 0.430. The predicted molar refractivity (Wildman–Crippen MR) is 101 cm³/mol. The van der Waals surface area contributed by atoms with Crippen molar-refractivity contribution in [2.45, 2.75) is 37.6 Å². The van der Waals surface area contributed by atoms with E-state index in [-0.39, 0.29) is 5.69 Å². The largest absolute Gasteiger partial charge is 0.433 e. The molecular formula is C21H25F3N2O. The van der Waals surface area contributed by atoms with Crippen LogP contribution in [-0.2, 0) is 6.42 Å². The molecule has 1 saturated heterocycles. The van der Waals surface area contributed by atoms with Gasteiger partial charge in [-0.05, 0) is 61.5 Å². The highest BCUT2D eigenvalue weighted by Gasteiger charge is 2.38. The molecule has 0 aromatic heterocycles. The lowest BCUT2D eigenvalue weighted by Crippen LogP contribution is -2.35. The van der Waals surface area contributed by atoms with Gasteiger partial charge < -0.3 is 15.3 Å². The average Bonchev–Trinajstić information content (AvgIpc) is 2.67. The standard InChI is InChI=1S/C21H25F3N2O/c22-21(23,24)20(27)25-19-8-6-17(7-9-19)18-11-14-26(15-12-18)13-10-16-4-2-1-3-5-16/h1-9,18,20,25,27H,10-15H2. The minimum absolute atomic E-state index is 0.267. The maximum Gasteiger partial charge on any atom is 0.433 e. The monoisotopic (exact) mass is 378 g/mol. The Bertz CT molecular complexity index is 696. The van der Waals surface area contributed by atoms with E-state index in [1.165, 1.54) is 5.56 Å². The molecule has 0 amide bonds. The summed E-state index contributed by atoms with van der Waals surface area (Å²) in [6, 6.07) is 17.4. The molecular weight excluding hydrogens is 353 g/mol. The molecule has 1 unspecified atom stereocenters. The van der Waals surface area contributed by atoms with Crippen molar-refractivity contribution in [2.75, 3.05) is 25.0 Å². The topological polar surface area (TPSA) is 35.5 Å². The zero-order chi connectivity index (χ0) is 19.3. The van der Waals surface area contributed by atoms with Crippen molar-refractivity contribution >= 4 is 5.69 Å². The molecule has 146 valence electrons. The molecule has 2 aromatic rings. The fraction of sp³-hybridized carbons (Fsp3) is 0.429. The summed E-state index contributed by atoms with van der Waals surface area (Å²) in [6.07, 6.45) is -4.07. The van der Waals surface area contributed by atoms with E-state index in [1.54, 1.807) is 12.1 Å². The van der Waals surface area contributed by atoms with E-state index in [1.807, 2.05) is 18.2 Å². The lowest BCUT2D eigenvalue weighted by Gasteiger charge is -2.32. The molecule has 1 fully saturated rings. The van der Waals surface area contributed by atoms with E-state index in [4.69, 9.17) is 5.11 Å². The van der Waals surface area contributed by atoms with Gasteiger partial charge in [-0.1, -0.05) is 42.5 Å². The SMILES string of the molecule is OC(Nc1ccc(C2CCN(CCc3ccccc3)CC2)cc1)C(F)(F)F. The Balaban J connectivity index is 1.46. The highest BCUT2D eigenvalue weighted by Crippen LogP contribution is 2.29. The Labute approximate surface area is 157 Å². The molecule has 0 aliphatic carbocycles. The van der Waals surface area contributed by atoms with Gasteiger partial charge in [-0.25, -0.2) is 0 Å². The Morgan fingerprint density at radius 1 is 1.00 bits per heavy atom. The normalized spacial score (nSPS) is 17.6. The summed E-state index contributed by atoms with van der Waals surface area (Å²) in [6.45, 7) is 3.11. The molecule has 0 radical (unpaired) electrons. The van der Waals surface area contributed by atoms with Crippen LogP contribution < -0.4 is 5.32 Å². The second-order valence-electron chi connectivity index (χ2n) is 7.06. The number of piperidine rings is 1. The number of nitrogens with zero attached hydrogens (tertiary/aromatic N) is 1. The first kappa shape index (κ1) is 19.7. The molecule has 0 bridgehead atoms. The van der Waals surface area contributed by atoms with Crippen LogP contribution in [0.3, 0.4) is 0 Å². The van der Waals surface area contributed by atoms with Gasteiger partial charge in [0.1, 0.15) is 0 Å². The van der Waals surface area contributed by atoms with Crippen molar-refractivity contribution in [3.63, 3.8) is 0 Å². The Morgan fingerprint density at radius 3 is 2.22 bits per heavy atom. The van der Waals surface area contributed by atoms with Crippen molar-refractivity contribution in [1.29, 1.82) is 0 Å². The Kier molecular flexibility index (Phi) is 6.39. The highest BCUT2D eigenvalue weighted by atomic mass is 19.4. The maximum absolute atomic E-state index is 12.4. The smallest absolute Gasteiger partial charge is 0.366 e. The molecule has 2 N–H and O–H groups in total. The van der Waals surface area contributed by atoms with Crippen LogP contribution in [0.25, 0.3) is 0 Å². The van der Waals surface area contributed by atoms with Crippen LogP contribution in [0, 0.1) is 0 Å². The predicted octanol–water partition coefficient (Wildman–Crippen LogP) is 4.40. The highest BCUT2D eigenvalue weighted by molar-refractivity contribution is 5.46. The lowest BCUT2D eigenvalue weighted by molar-refractivity contribution is -0.194. The summed E-state index contributed by atoms with van der Waals surface area (Å²) in [7, 11) is 0. The van der Waals surface area contributed by atoms with Crippen molar-refractivity contribution in [3.05, 3.63) is 65.7 Å². The molecule has 27 heavy (non-hydrogen) atoms. The number of rotatable bonds is 6. The van der Waals surface area contributed by atoms with Crippen LogP contribution in [-0.4, -0.2) is 42.0 Å². The Morgan fingerprint density at radius 2 is 1.63 bits per heavy atom. The zero-order valence-corrected chi connectivity index (χ0v) is 15.1. The van der Waals surface area contributed by atoms with E-state index in [0.717, 1.165) is 44.5 Å². The number of nitrogens with one attached hydrogen (secondary N) is 1. The summed E-state index contributed by atoms with van der Waals surface area (Å²) in [4.78, 5) is 2.47. The van der Waals surface area contributed by atoms with Crippen LogP contribution in [0.1, 0.15) is 29.9 Å². The molecule has 1 heterocycles. The van der Waals surface area contributed by atoms with Gasteiger partial charge in [0.2, 0.25) is 6.23 Å². The van der Waals surface area contributed by atoms with Gasteiger partial charge in [0.05, 0.1) is 0 Å². The second-order valence-corrected chi connectivity index (χ2v) is 7.06. The summed E-state index contributed by atoms with van der Waals surface area (Å²) in [5.41, 5.74) is 2.76. The number of hydrogen-bond donors (Lipinski definition) is 2. The van der Waals surface area contributed by atoms with Crippen molar-refractivity contribution in [1.82, 2.24) is 4.90 Å². The number of aliphatic hydroxyl groups is 1. The fourth-order valence-corrected chi connectivity index (χ4v) is 3.51. The number of aliphatic hydroxyl groups excluding tert-OH is 1. The van der Waals surface area contributed by atoms with Gasteiger partial charge in [-0.2, -0.15) is 13.2 Å². The fourth-order valence-electron chi connectivity index (χ4n) is 3.51. The summed E-state index contributed by atoms with van der Waals surface area (Å²) >= 11 is 0. The molecule has 6 heteroatoms. The number of halogens is 3. The van der Waals surface area contributed by atoms with Gasteiger partial charge in [0.25, 0.3) is 0 Å². The minimum Gasteiger partial charge on any atom is -0.366 e. The molecule has 0 saturated carbocycles. The quantitative estimate of drug-likeness (QED) is 0.732. The third-order valence-electron chi connectivity index (χ3n) is 5.14. The van der Waals surface area contributed by atoms with Gasteiger partial charge in [0.15, 0.2) is 0 Å². The maximum atomic E-state index is 12.4. The molecule has 3 nitrogen and oxygen atoms in total. The summed E-state index contributed by atoms with van der Waals surface area (Å²) < 4.78 is 37.2. The number of hydrogen-bond acceptors (Lipinski definition) is 3. The van der Waals surface area contributed by atoms with Gasteiger partial charge in [-0.15, -0.1) is 0 Å². The molecule has 3 rings (SSSR count). The first-order valence-electron chi connectivity index (χ1n) is 9.29. The number of alkyl halides is 3. The van der Waals surface area contributed by atoms with E-state index in [0.29, 0.717) is 5.92 Å². The lowest BCUT2D eigenvalue weighted by atomic mass is 9.89. The number of benzene rings is 2. The molecule has 0 spiro atoms. The molecule has 1 atom stereocenters. The van der Waals surface area contributed by atoms with Crippen LogP contribution in [0.2, 0.25) is 0 Å². The molecule has 2 aromatic carbocycles. The molecule has 1 aliphatic heterocycles. The van der Waals surface area contributed by atoms with Gasteiger partial charge in [0, 0.05) is 12.2 Å². The average molecular weight is 378 g/mol. The van der Waals surface area contributed by atoms with Gasteiger partial charge >= 0.3 is 6.18 Å². The van der Waals surface area contributed by atoms with Crippen molar-refractivity contribution < 1.29 is 18.3 Å². The minimum atomic E-state index is -4.68. The third-order valence-corrected chi connectivity index (χ3v) is 5.14. The summed E-state index contributed by atoms with van der Waals surface area (Å²) in [5, 5.41) is 11.2. The zero-order valence-electron chi connectivity index (χ0n) is 15.1. The Hall–Kier alpha value is -2.05. The van der Waals surface area contributed by atoms with E-state index in [9.17, 15) is 13.2 Å². The van der Waals surface area contributed by atoms with E-state index in [2.05, 4.69) is 34.5 Å². The van der Waals surface area contributed by atoms with Gasteiger partial charge in [-0.3, -0.25) is 0 Å². The van der Waals surface area contributed by atoms with Crippen molar-refractivity contribution in [2.24, 2.45) is 0 Å². The van der Waals surface area contributed by atoms with E-state index < -0.39 is 12.4 Å². The first-order chi connectivity index (χ1) is 12.9. The number of anilines is 1. The van der Waals surface area contributed by atoms with E-state index >= 15 is 0 Å². The van der Waals surface area contributed by atoms with Crippen LogP contribution in [0.5, 0.6) is 0 Å².